The summed E-state index contributed by atoms with van der Waals surface area (Å²) in [5.74, 6) is -0.188. The molecule has 1 aromatic heterocycles. The first-order valence-corrected chi connectivity index (χ1v) is 8.41. The molecule has 0 saturated carbocycles. The summed E-state index contributed by atoms with van der Waals surface area (Å²) in [6, 6.07) is 7.48. The van der Waals surface area contributed by atoms with Crippen molar-refractivity contribution in [3.63, 3.8) is 0 Å². The number of cyclic esters (lactones) is 1. The number of rotatable bonds is 5. The van der Waals surface area contributed by atoms with Gasteiger partial charge in [-0.15, -0.1) is 11.3 Å². The van der Waals surface area contributed by atoms with Crippen molar-refractivity contribution in [3.05, 3.63) is 52.0 Å². The van der Waals surface area contributed by atoms with Gasteiger partial charge in [-0.2, -0.15) is 0 Å². The van der Waals surface area contributed by atoms with Crippen molar-refractivity contribution in [1.82, 2.24) is 10.3 Å². The molecule has 124 valence electrons. The van der Waals surface area contributed by atoms with Crippen LogP contribution in [0.15, 0.2) is 35.7 Å². The first-order chi connectivity index (χ1) is 11.6. The van der Waals surface area contributed by atoms with E-state index in [1.165, 1.54) is 6.08 Å². The summed E-state index contributed by atoms with van der Waals surface area (Å²) in [5.41, 5.74) is 2.47. The Morgan fingerprint density at radius 1 is 1.50 bits per heavy atom. The quantitative estimate of drug-likeness (QED) is 0.848. The molecule has 1 saturated heterocycles. The van der Waals surface area contributed by atoms with Gasteiger partial charge in [0.25, 0.3) is 0 Å². The van der Waals surface area contributed by atoms with Gasteiger partial charge in [-0.1, -0.05) is 12.1 Å². The lowest BCUT2D eigenvalue weighted by Gasteiger charge is -2.13. The topological polar surface area (TPSA) is 71.5 Å². The number of carbonyl (C=O) groups excluding carboxylic acids is 2. The monoisotopic (exact) mass is 343 g/mol. The van der Waals surface area contributed by atoms with E-state index >= 15 is 0 Å². The molecule has 2 aromatic rings. The van der Waals surface area contributed by atoms with Crippen molar-refractivity contribution in [2.45, 2.75) is 13.5 Å². The zero-order chi connectivity index (χ0) is 16.9. The number of nitrogens with zero attached hydrogens (tertiary/aromatic N) is 2. The number of anilines is 1. The first kappa shape index (κ1) is 16.2. The van der Waals surface area contributed by atoms with Crippen molar-refractivity contribution in [1.29, 1.82) is 0 Å². The van der Waals surface area contributed by atoms with Crippen LogP contribution < -0.4 is 10.2 Å². The molecule has 1 aromatic carbocycles. The molecule has 0 spiro atoms. The fourth-order valence-corrected chi connectivity index (χ4v) is 2.91. The van der Waals surface area contributed by atoms with Gasteiger partial charge in [0.2, 0.25) is 5.91 Å². The van der Waals surface area contributed by atoms with E-state index in [1.807, 2.05) is 36.6 Å². The number of benzene rings is 1. The lowest BCUT2D eigenvalue weighted by Crippen LogP contribution is -2.24. The van der Waals surface area contributed by atoms with Crippen LogP contribution in [0.2, 0.25) is 0 Å². The van der Waals surface area contributed by atoms with Crippen molar-refractivity contribution in [3.8, 4) is 0 Å². The number of aryl methyl sites for hydroxylation is 1. The lowest BCUT2D eigenvalue weighted by atomic mass is 10.2. The first-order valence-electron chi connectivity index (χ1n) is 7.53. The molecule has 1 N–H and O–H groups in total. The molecule has 1 aliphatic rings. The molecule has 0 atom stereocenters. The van der Waals surface area contributed by atoms with Crippen LogP contribution >= 0.6 is 11.3 Å². The number of ether oxygens (including phenoxy) is 1. The summed E-state index contributed by atoms with van der Waals surface area (Å²) in [6.45, 7) is 3.26. The second-order valence-electron chi connectivity index (χ2n) is 5.28. The summed E-state index contributed by atoms with van der Waals surface area (Å²) < 4.78 is 4.94. The number of carbonyl (C=O) groups is 2. The van der Waals surface area contributed by atoms with Crippen molar-refractivity contribution >= 4 is 35.1 Å². The van der Waals surface area contributed by atoms with E-state index in [2.05, 4.69) is 10.3 Å². The predicted octanol–water partition coefficient (Wildman–Crippen LogP) is 2.74. The maximum Gasteiger partial charge on any atom is 0.414 e. The Kier molecular flexibility index (Phi) is 4.90. The van der Waals surface area contributed by atoms with Crippen molar-refractivity contribution < 1.29 is 14.3 Å². The van der Waals surface area contributed by atoms with E-state index in [1.54, 1.807) is 22.3 Å². The molecule has 1 aliphatic heterocycles. The Morgan fingerprint density at radius 2 is 2.38 bits per heavy atom. The number of amides is 2. The predicted molar refractivity (Wildman–Crippen MR) is 92.9 cm³/mol. The van der Waals surface area contributed by atoms with Crippen molar-refractivity contribution in [2.24, 2.45) is 0 Å². The van der Waals surface area contributed by atoms with Crippen LogP contribution in [0, 0.1) is 6.92 Å². The summed E-state index contributed by atoms with van der Waals surface area (Å²) in [5, 5.41) is 5.69. The summed E-state index contributed by atoms with van der Waals surface area (Å²) >= 11 is 1.54. The molecule has 1 fully saturated rings. The number of thiazole rings is 1. The van der Waals surface area contributed by atoms with E-state index in [0.29, 0.717) is 19.7 Å². The highest BCUT2D eigenvalue weighted by Gasteiger charge is 2.23. The molecule has 6 nitrogen and oxygen atoms in total. The third-order valence-corrected chi connectivity index (χ3v) is 4.28. The van der Waals surface area contributed by atoms with Gasteiger partial charge in [0.1, 0.15) is 6.61 Å². The van der Waals surface area contributed by atoms with Gasteiger partial charge in [-0.25, -0.2) is 9.78 Å². The third kappa shape index (κ3) is 3.99. The lowest BCUT2D eigenvalue weighted by molar-refractivity contribution is -0.116. The average Bonchev–Trinajstić information content (AvgIpc) is 3.19. The van der Waals surface area contributed by atoms with Gasteiger partial charge >= 0.3 is 6.09 Å². The molecule has 7 heteroatoms. The molecule has 0 radical (unpaired) electrons. The highest BCUT2D eigenvalue weighted by Crippen LogP contribution is 2.19. The molecule has 0 aliphatic carbocycles. The molecule has 2 amide bonds. The number of nitrogens with one attached hydrogen (secondary N) is 1. The second-order valence-corrected chi connectivity index (χ2v) is 6.34. The van der Waals surface area contributed by atoms with Crippen LogP contribution in [0.3, 0.4) is 0 Å². The smallest absolute Gasteiger partial charge is 0.414 e. The average molecular weight is 343 g/mol. The van der Waals surface area contributed by atoms with E-state index in [9.17, 15) is 9.59 Å². The van der Waals surface area contributed by atoms with Crippen LogP contribution in [0.1, 0.15) is 16.3 Å². The standard InChI is InChI=1S/C17H17N3O3S/c1-12-19-14(11-24-12)5-6-16(21)18-10-13-3-2-4-15(9-13)20-7-8-23-17(20)22/h2-6,9,11H,7-8,10H2,1H3,(H,18,21)/b6-5+. The van der Waals surface area contributed by atoms with Crippen LogP contribution in [0.25, 0.3) is 6.08 Å². The summed E-state index contributed by atoms with van der Waals surface area (Å²) in [6.07, 6.45) is 2.82. The number of aromatic nitrogens is 1. The Hall–Kier alpha value is -2.67. The van der Waals surface area contributed by atoms with Gasteiger partial charge in [0.15, 0.2) is 0 Å². The minimum Gasteiger partial charge on any atom is -0.447 e. The van der Waals surface area contributed by atoms with E-state index in [4.69, 9.17) is 4.74 Å². The zero-order valence-corrected chi connectivity index (χ0v) is 14.0. The highest BCUT2D eigenvalue weighted by atomic mass is 32.1. The fraction of sp³-hybridized carbons (Fsp3) is 0.235. The van der Waals surface area contributed by atoms with Gasteiger partial charge in [0.05, 0.1) is 17.2 Å². The Bertz CT molecular complexity index is 785. The van der Waals surface area contributed by atoms with Crippen LogP contribution in [-0.4, -0.2) is 30.1 Å². The minimum atomic E-state index is -0.335. The van der Waals surface area contributed by atoms with E-state index in [0.717, 1.165) is 22.0 Å². The minimum absolute atomic E-state index is 0.188. The van der Waals surface area contributed by atoms with Crippen LogP contribution in [-0.2, 0) is 16.1 Å². The second kappa shape index (κ2) is 7.27. The van der Waals surface area contributed by atoms with Crippen molar-refractivity contribution in [2.75, 3.05) is 18.1 Å². The molecular weight excluding hydrogens is 326 g/mol. The fourth-order valence-electron chi connectivity index (χ4n) is 2.33. The number of hydrogen-bond acceptors (Lipinski definition) is 5. The Labute approximate surface area is 143 Å². The molecule has 0 bridgehead atoms. The molecule has 0 unspecified atom stereocenters. The van der Waals surface area contributed by atoms with Gasteiger partial charge in [-0.3, -0.25) is 9.69 Å². The zero-order valence-electron chi connectivity index (χ0n) is 13.2. The molecule has 3 rings (SSSR count). The Balaban J connectivity index is 1.57. The van der Waals surface area contributed by atoms with Crippen LogP contribution in [0.5, 0.6) is 0 Å². The maximum atomic E-state index is 11.9. The third-order valence-electron chi connectivity index (χ3n) is 3.49. The van der Waals surface area contributed by atoms with E-state index in [-0.39, 0.29) is 12.0 Å². The van der Waals surface area contributed by atoms with E-state index < -0.39 is 0 Å². The maximum absolute atomic E-state index is 11.9. The van der Waals surface area contributed by atoms with Gasteiger partial charge in [0, 0.05) is 23.7 Å². The number of hydrogen-bond donors (Lipinski definition) is 1. The summed E-state index contributed by atoms with van der Waals surface area (Å²) in [7, 11) is 0. The largest absolute Gasteiger partial charge is 0.447 e. The van der Waals surface area contributed by atoms with Crippen LogP contribution in [0.4, 0.5) is 10.5 Å². The SMILES string of the molecule is Cc1nc(/C=C/C(=O)NCc2cccc(N3CCOC3=O)c2)cs1. The van der Waals surface area contributed by atoms with Gasteiger partial charge in [-0.05, 0) is 30.7 Å². The van der Waals surface area contributed by atoms with Gasteiger partial charge < -0.3 is 10.1 Å². The normalized spacial score (nSPS) is 14.2. The Morgan fingerprint density at radius 3 is 3.08 bits per heavy atom. The molecule has 24 heavy (non-hydrogen) atoms. The molecule has 2 heterocycles. The summed E-state index contributed by atoms with van der Waals surface area (Å²) in [4.78, 5) is 29.3. The molecular formula is C17H17N3O3S. The highest BCUT2D eigenvalue weighted by molar-refractivity contribution is 7.09.